The molecule has 0 spiro atoms. The fourth-order valence-corrected chi connectivity index (χ4v) is 4.62. The maximum atomic E-state index is 12.5. The number of likely N-dealkylation sites (N-methyl/N-ethyl adjacent to an activating group) is 1. The highest BCUT2D eigenvalue weighted by Gasteiger charge is 2.32. The van der Waals surface area contributed by atoms with E-state index in [-0.39, 0.29) is 11.8 Å². The van der Waals surface area contributed by atoms with Gasteiger partial charge in [0.2, 0.25) is 10.0 Å². The molecule has 1 aromatic carbocycles. The van der Waals surface area contributed by atoms with Crippen molar-refractivity contribution in [1.82, 2.24) is 9.21 Å². The van der Waals surface area contributed by atoms with Crippen molar-refractivity contribution < 1.29 is 17.9 Å². The summed E-state index contributed by atoms with van der Waals surface area (Å²) < 4.78 is 37.3. The summed E-state index contributed by atoms with van der Waals surface area (Å²) in [7, 11) is 2.05. The van der Waals surface area contributed by atoms with Crippen molar-refractivity contribution >= 4 is 10.0 Å². The predicted octanol–water partition coefficient (Wildman–Crippen LogP) is 2.12. The third-order valence-electron chi connectivity index (χ3n) is 4.55. The van der Waals surface area contributed by atoms with E-state index in [2.05, 4.69) is 4.90 Å². The quantitative estimate of drug-likeness (QED) is 0.749. The summed E-state index contributed by atoms with van der Waals surface area (Å²) in [5, 5.41) is 0. The van der Waals surface area contributed by atoms with E-state index in [9.17, 15) is 8.42 Å². The maximum absolute atomic E-state index is 12.5. The first-order valence-electron chi connectivity index (χ1n) is 8.33. The van der Waals surface area contributed by atoms with Crippen LogP contribution in [0.5, 0.6) is 11.5 Å². The molecule has 1 heterocycles. The van der Waals surface area contributed by atoms with Crippen molar-refractivity contribution in [2.75, 3.05) is 46.7 Å². The second-order valence-corrected chi connectivity index (χ2v) is 8.23. The molecular formula is C17H28N2O4S. The Hall–Kier alpha value is -1.31. The Morgan fingerprint density at radius 3 is 2.50 bits per heavy atom. The van der Waals surface area contributed by atoms with Crippen LogP contribution in [-0.4, -0.2) is 64.3 Å². The van der Waals surface area contributed by atoms with Gasteiger partial charge in [-0.25, -0.2) is 8.42 Å². The van der Waals surface area contributed by atoms with Crippen molar-refractivity contribution in [3.63, 3.8) is 0 Å². The predicted molar refractivity (Wildman–Crippen MR) is 95.2 cm³/mol. The van der Waals surface area contributed by atoms with Crippen LogP contribution in [0.15, 0.2) is 18.2 Å². The molecule has 24 heavy (non-hydrogen) atoms. The zero-order valence-electron chi connectivity index (χ0n) is 15.0. The highest BCUT2D eigenvalue weighted by molar-refractivity contribution is 7.89. The summed E-state index contributed by atoms with van der Waals surface area (Å²) in [6.45, 7) is 3.74. The van der Waals surface area contributed by atoms with Crippen molar-refractivity contribution in [1.29, 1.82) is 0 Å². The average molecular weight is 356 g/mol. The Morgan fingerprint density at radius 2 is 1.88 bits per heavy atom. The molecule has 0 amide bonds. The van der Waals surface area contributed by atoms with Crippen LogP contribution in [0.25, 0.3) is 0 Å². The molecule has 7 heteroatoms. The number of rotatable bonds is 7. The molecule has 1 aromatic rings. The zero-order valence-corrected chi connectivity index (χ0v) is 15.8. The topological polar surface area (TPSA) is 59.1 Å². The summed E-state index contributed by atoms with van der Waals surface area (Å²) in [6.07, 6.45) is 1.59. The fraction of sp³-hybridized carbons (Fsp3) is 0.647. The first-order valence-corrected chi connectivity index (χ1v) is 9.93. The van der Waals surface area contributed by atoms with Gasteiger partial charge in [-0.3, -0.25) is 4.90 Å². The molecule has 1 fully saturated rings. The molecule has 1 saturated heterocycles. The molecule has 1 atom stereocenters. The molecule has 1 aliphatic heterocycles. The third-order valence-corrected chi connectivity index (χ3v) is 6.48. The van der Waals surface area contributed by atoms with Crippen LogP contribution in [0, 0.1) is 0 Å². The van der Waals surface area contributed by atoms with Gasteiger partial charge < -0.3 is 9.47 Å². The summed E-state index contributed by atoms with van der Waals surface area (Å²) in [6, 6.07) is 5.79. The van der Waals surface area contributed by atoms with Crippen LogP contribution in [0.4, 0.5) is 0 Å². The highest BCUT2D eigenvalue weighted by atomic mass is 32.2. The Balaban J connectivity index is 2.22. The van der Waals surface area contributed by atoms with Crippen LogP contribution in [0.1, 0.15) is 31.4 Å². The normalized spacial score (nSPS) is 20.1. The zero-order chi connectivity index (χ0) is 17.7. The Kier molecular flexibility index (Phi) is 6.48. The molecule has 2 rings (SSSR count). The Labute approximate surface area is 145 Å². The van der Waals surface area contributed by atoms with Crippen LogP contribution < -0.4 is 9.47 Å². The number of methoxy groups -OCH3 is 2. The minimum Gasteiger partial charge on any atom is -0.493 e. The molecular weight excluding hydrogens is 328 g/mol. The number of hydrogen-bond donors (Lipinski definition) is 0. The van der Waals surface area contributed by atoms with Gasteiger partial charge in [-0.2, -0.15) is 4.31 Å². The van der Waals surface area contributed by atoms with E-state index in [1.54, 1.807) is 18.5 Å². The Bertz CT molecular complexity index is 648. The van der Waals surface area contributed by atoms with Gasteiger partial charge in [0, 0.05) is 25.7 Å². The molecule has 1 unspecified atom stereocenters. The number of benzene rings is 1. The summed E-state index contributed by atoms with van der Waals surface area (Å²) in [5.74, 6) is 1.56. The number of piperazine rings is 1. The lowest BCUT2D eigenvalue weighted by Gasteiger charge is -2.39. The van der Waals surface area contributed by atoms with E-state index >= 15 is 0 Å². The minimum absolute atomic E-state index is 0.00922. The van der Waals surface area contributed by atoms with Crippen LogP contribution in [-0.2, 0) is 10.0 Å². The smallest absolute Gasteiger partial charge is 0.214 e. The largest absolute Gasteiger partial charge is 0.493 e. The molecule has 0 aliphatic carbocycles. The van der Waals surface area contributed by atoms with Gasteiger partial charge in [0.25, 0.3) is 0 Å². The molecule has 0 radical (unpaired) electrons. The summed E-state index contributed by atoms with van der Waals surface area (Å²) in [5.41, 5.74) is 1.03. The van der Waals surface area contributed by atoms with Crippen molar-refractivity contribution in [2.24, 2.45) is 0 Å². The lowest BCUT2D eigenvalue weighted by molar-refractivity contribution is 0.148. The van der Waals surface area contributed by atoms with Crippen molar-refractivity contribution in [3.8, 4) is 11.5 Å². The van der Waals surface area contributed by atoms with Crippen molar-refractivity contribution in [2.45, 2.75) is 25.8 Å². The van der Waals surface area contributed by atoms with Gasteiger partial charge >= 0.3 is 0 Å². The first-order chi connectivity index (χ1) is 11.4. The third kappa shape index (κ3) is 4.20. The second-order valence-electron chi connectivity index (χ2n) is 6.14. The van der Waals surface area contributed by atoms with E-state index in [1.165, 1.54) is 0 Å². The van der Waals surface area contributed by atoms with E-state index in [0.29, 0.717) is 37.6 Å². The van der Waals surface area contributed by atoms with Crippen molar-refractivity contribution in [3.05, 3.63) is 23.8 Å². The second kappa shape index (κ2) is 8.18. The van der Waals surface area contributed by atoms with Gasteiger partial charge in [-0.15, -0.1) is 0 Å². The van der Waals surface area contributed by atoms with Crippen LogP contribution in [0.3, 0.4) is 0 Å². The molecule has 0 N–H and O–H groups in total. The van der Waals surface area contributed by atoms with Gasteiger partial charge in [0.15, 0.2) is 11.5 Å². The lowest BCUT2D eigenvalue weighted by Crippen LogP contribution is -2.49. The van der Waals surface area contributed by atoms with Gasteiger partial charge in [0.1, 0.15) is 0 Å². The van der Waals surface area contributed by atoms with E-state index in [4.69, 9.17) is 9.47 Å². The average Bonchev–Trinajstić information content (AvgIpc) is 2.59. The molecule has 6 nitrogen and oxygen atoms in total. The minimum atomic E-state index is -3.19. The van der Waals surface area contributed by atoms with E-state index < -0.39 is 10.0 Å². The standard InChI is InChI=1S/C17H28N2O4S/c1-5-6-11-24(20,21)19-10-9-18(2)15(13-19)14-7-8-16(22-3)17(12-14)23-4/h7-8,12,15H,5-6,9-11,13H2,1-4H3. The fourth-order valence-electron chi connectivity index (χ4n) is 2.98. The SMILES string of the molecule is CCCCS(=O)(=O)N1CCN(C)C(c2ccc(OC)c(OC)c2)C1. The number of nitrogens with zero attached hydrogens (tertiary/aromatic N) is 2. The summed E-state index contributed by atoms with van der Waals surface area (Å²) >= 11 is 0. The first kappa shape index (κ1) is 19.0. The Morgan fingerprint density at radius 1 is 1.17 bits per heavy atom. The number of ether oxygens (including phenoxy) is 2. The molecule has 0 aromatic heterocycles. The molecule has 136 valence electrons. The molecule has 0 saturated carbocycles. The number of sulfonamides is 1. The van der Waals surface area contributed by atoms with Gasteiger partial charge in [0.05, 0.1) is 20.0 Å². The van der Waals surface area contributed by atoms with E-state index in [1.807, 2.05) is 32.2 Å². The monoisotopic (exact) mass is 356 g/mol. The lowest BCUT2D eigenvalue weighted by atomic mass is 10.0. The number of unbranched alkanes of at least 4 members (excludes halogenated alkanes) is 1. The van der Waals surface area contributed by atoms with Gasteiger partial charge in [-0.1, -0.05) is 19.4 Å². The summed E-state index contributed by atoms with van der Waals surface area (Å²) in [4.78, 5) is 2.19. The van der Waals surface area contributed by atoms with Crippen LogP contribution in [0.2, 0.25) is 0 Å². The number of hydrogen-bond acceptors (Lipinski definition) is 5. The molecule has 0 bridgehead atoms. The van der Waals surface area contributed by atoms with Gasteiger partial charge in [-0.05, 0) is 31.2 Å². The van der Waals surface area contributed by atoms with E-state index in [0.717, 1.165) is 12.0 Å². The van der Waals surface area contributed by atoms with Crippen LogP contribution >= 0.6 is 0 Å². The molecule has 1 aliphatic rings. The maximum Gasteiger partial charge on any atom is 0.214 e. The highest BCUT2D eigenvalue weighted by Crippen LogP contribution is 2.33.